The molecule has 2 atom stereocenters. The number of rotatable bonds is 1. The van der Waals surface area contributed by atoms with Gasteiger partial charge in [0.2, 0.25) is 0 Å². The lowest BCUT2D eigenvalue weighted by Crippen LogP contribution is -2.66. The molecule has 0 aromatic carbocycles. The number of nitrogens with one attached hydrogen (secondary N) is 1. The molecule has 1 aliphatic heterocycles. The van der Waals surface area contributed by atoms with Crippen LogP contribution in [0.15, 0.2) is 0 Å². The third kappa shape index (κ3) is 2.01. The topological polar surface area (TPSA) is 67.6 Å². The minimum absolute atomic E-state index is 0.0158. The predicted molar refractivity (Wildman–Crippen MR) is 61.1 cm³/mol. The van der Waals surface area contributed by atoms with Crippen LogP contribution in [-0.4, -0.2) is 49.3 Å². The molecule has 0 aromatic rings. The number of carbonyl (C=O) groups is 1. The van der Waals surface area contributed by atoms with Crippen molar-refractivity contribution in [3.63, 3.8) is 0 Å². The van der Waals surface area contributed by atoms with Crippen LogP contribution >= 0.6 is 0 Å². The maximum Gasteiger partial charge on any atom is 0.317 e. The maximum absolute atomic E-state index is 11.9. The van der Waals surface area contributed by atoms with Gasteiger partial charge in [0, 0.05) is 30.6 Å². The van der Waals surface area contributed by atoms with Crippen LogP contribution in [0.5, 0.6) is 0 Å². The van der Waals surface area contributed by atoms with Crippen LogP contribution in [0.25, 0.3) is 0 Å². The molecule has 0 spiro atoms. The maximum atomic E-state index is 11.9. The summed E-state index contributed by atoms with van der Waals surface area (Å²) in [6.45, 7) is 6.86. The molecule has 1 saturated heterocycles. The molecule has 2 unspecified atom stereocenters. The molecule has 3 N–H and O–H groups in total. The summed E-state index contributed by atoms with van der Waals surface area (Å²) in [4.78, 5) is 13.7. The van der Waals surface area contributed by atoms with Crippen LogP contribution in [0.4, 0.5) is 4.79 Å². The van der Waals surface area contributed by atoms with E-state index in [2.05, 4.69) is 19.2 Å². The van der Waals surface area contributed by atoms with Crippen LogP contribution < -0.4 is 11.1 Å². The van der Waals surface area contributed by atoms with Gasteiger partial charge in [0.1, 0.15) is 0 Å². The summed E-state index contributed by atoms with van der Waals surface area (Å²) >= 11 is 0. The minimum atomic E-state index is 0.0158. The zero-order valence-electron chi connectivity index (χ0n) is 10.0. The molecule has 2 amide bonds. The largest absolute Gasteiger partial charge is 0.378 e. The molecule has 2 fully saturated rings. The van der Waals surface area contributed by atoms with Crippen LogP contribution in [0.1, 0.15) is 20.3 Å². The number of morpholine rings is 1. The van der Waals surface area contributed by atoms with Crippen molar-refractivity contribution in [2.45, 2.75) is 32.4 Å². The molecule has 16 heavy (non-hydrogen) atoms. The van der Waals surface area contributed by atoms with Gasteiger partial charge in [0.25, 0.3) is 0 Å². The second-order valence-electron chi connectivity index (χ2n) is 5.27. The molecular weight excluding hydrogens is 206 g/mol. The molecule has 0 aromatic heterocycles. The van der Waals surface area contributed by atoms with E-state index in [0.717, 1.165) is 6.42 Å². The number of ether oxygens (including phenoxy) is 1. The highest BCUT2D eigenvalue weighted by Gasteiger charge is 2.47. The molecule has 5 nitrogen and oxygen atoms in total. The lowest BCUT2D eigenvalue weighted by molar-refractivity contribution is 0.0405. The van der Waals surface area contributed by atoms with Crippen molar-refractivity contribution in [1.29, 1.82) is 0 Å². The van der Waals surface area contributed by atoms with Gasteiger partial charge in [-0.05, 0) is 6.42 Å². The van der Waals surface area contributed by atoms with Gasteiger partial charge >= 0.3 is 6.03 Å². The average Bonchev–Trinajstić information content (AvgIpc) is 2.29. The summed E-state index contributed by atoms with van der Waals surface area (Å²) in [5.74, 6) is 0. The molecule has 2 aliphatic rings. The van der Waals surface area contributed by atoms with Crippen LogP contribution in [0, 0.1) is 5.41 Å². The highest BCUT2D eigenvalue weighted by Crippen LogP contribution is 2.39. The van der Waals surface area contributed by atoms with Crippen molar-refractivity contribution in [2.75, 3.05) is 26.3 Å². The minimum Gasteiger partial charge on any atom is -0.378 e. The van der Waals surface area contributed by atoms with Crippen molar-refractivity contribution in [2.24, 2.45) is 11.1 Å². The van der Waals surface area contributed by atoms with Crippen molar-refractivity contribution in [3.8, 4) is 0 Å². The van der Waals surface area contributed by atoms with E-state index in [1.165, 1.54) is 0 Å². The molecular formula is C11H21N3O2. The number of urea groups is 1. The van der Waals surface area contributed by atoms with E-state index in [-0.39, 0.29) is 23.5 Å². The number of amides is 2. The average molecular weight is 227 g/mol. The third-order valence-corrected chi connectivity index (χ3v) is 3.94. The standard InChI is InChI=1S/C11H21N3O2/c1-11(2)8(12)7-9(11)13-10(15)14-3-5-16-6-4-14/h8-9H,3-7,12H2,1-2H3,(H,13,15). The summed E-state index contributed by atoms with van der Waals surface area (Å²) in [5, 5.41) is 3.06. The normalized spacial score (nSPS) is 33.1. The Kier molecular flexibility index (Phi) is 3.08. The van der Waals surface area contributed by atoms with E-state index >= 15 is 0 Å². The lowest BCUT2D eigenvalue weighted by Gasteiger charge is -2.50. The summed E-state index contributed by atoms with van der Waals surface area (Å²) in [6.07, 6.45) is 0.878. The number of nitrogens with zero attached hydrogens (tertiary/aromatic N) is 1. The highest BCUT2D eigenvalue weighted by molar-refractivity contribution is 5.75. The SMILES string of the molecule is CC1(C)C(N)CC1NC(=O)N1CCOCC1. The van der Waals surface area contributed by atoms with E-state index < -0.39 is 0 Å². The van der Waals surface area contributed by atoms with Gasteiger partial charge in [0.05, 0.1) is 13.2 Å². The van der Waals surface area contributed by atoms with Gasteiger partial charge in [-0.15, -0.1) is 0 Å². The smallest absolute Gasteiger partial charge is 0.317 e. The lowest BCUT2D eigenvalue weighted by atomic mass is 9.63. The van der Waals surface area contributed by atoms with Crippen LogP contribution in [-0.2, 0) is 4.74 Å². The van der Waals surface area contributed by atoms with Crippen LogP contribution in [0.3, 0.4) is 0 Å². The quantitative estimate of drug-likeness (QED) is 0.670. The molecule has 0 bridgehead atoms. The zero-order valence-corrected chi connectivity index (χ0v) is 10.0. The molecule has 1 heterocycles. The molecule has 1 aliphatic carbocycles. The van der Waals surface area contributed by atoms with Crippen molar-refractivity contribution in [3.05, 3.63) is 0 Å². The number of hydrogen-bond donors (Lipinski definition) is 2. The molecule has 2 rings (SSSR count). The Bertz CT molecular complexity index is 274. The first-order valence-corrected chi connectivity index (χ1v) is 5.90. The van der Waals surface area contributed by atoms with Gasteiger partial charge in [-0.25, -0.2) is 4.79 Å². The first kappa shape index (κ1) is 11.7. The van der Waals surface area contributed by atoms with Crippen molar-refractivity contribution in [1.82, 2.24) is 10.2 Å². The van der Waals surface area contributed by atoms with Gasteiger partial charge in [-0.2, -0.15) is 0 Å². The number of carbonyl (C=O) groups excluding carboxylic acids is 1. The fourth-order valence-electron chi connectivity index (χ4n) is 2.21. The molecule has 92 valence electrons. The summed E-state index contributed by atoms with van der Waals surface area (Å²) in [7, 11) is 0. The molecule has 0 radical (unpaired) electrons. The van der Waals surface area contributed by atoms with Gasteiger partial charge in [0.15, 0.2) is 0 Å². The first-order chi connectivity index (χ1) is 7.51. The summed E-state index contributed by atoms with van der Waals surface area (Å²) < 4.78 is 5.21. The Morgan fingerprint density at radius 1 is 1.44 bits per heavy atom. The second-order valence-corrected chi connectivity index (χ2v) is 5.27. The fourth-order valence-corrected chi connectivity index (χ4v) is 2.21. The fraction of sp³-hybridized carbons (Fsp3) is 0.909. The van der Waals surface area contributed by atoms with Gasteiger partial charge < -0.3 is 20.7 Å². The Morgan fingerprint density at radius 3 is 2.56 bits per heavy atom. The Labute approximate surface area is 96.3 Å². The second kappa shape index (κ2) is 4.22. The van der Waals surface area contributed by atoms with Gasteiger partial charge in [-0.1, -0.05) is 13.8 Å². The highest BCUT2D eigenvalue weighted by atomic mass is 16.5. The van der Waals surface area contributed by atoms with Crippen LogP contribution in [0.2, 0.25) is 0 Å². The Hall–Kier alpha value is -0.810. The zero-order chi connectivity index (χ0) is 11.8. The predicted octanol–water partition coefficient (Wildman–Crippen LogP) is 0.154. The Morgan fingerprint density at radius 2 is 2.06 bits per heavy atom. The third-order valence-electron chi connectivity index (χ3n) is 3.94. The summed E-state index contributed by atoms with van der Waals surface area (Å²) in [6, 6.07) is 0.425. The number of nitrogens with two attached hydrogens (primary N) is 1. The molecule has 1 saturated carbocycles. The monoisotopic (exact) mass is 227 g/mol. The number of hydrogen-bond acceptors (Lipinski definition) is 3. The van der Waals surface area contributed by atoms with E-state index in [0.29, 0.717) is 26.3 Å². The van der Waals surface area contributed by atoms with E-state index in [9.17, 15) is 4.79 Å². The first-order valence-electron chi connectivity index (χ1n) is 5.90. The van der Waals surface area contributed by atoms with E-state index in [1.54, 1.807) is 0 Å². The van der Waals surface area contributed by atoms with Crippen molar-refractivity contribution < 1.29 is 9.53 Å². The molecule has 5 heteroatoms. The van der Waals surface area contributed by atoms with E-state index in [1.807, 2.05) is 4.90 Å². The van der Waals surface area contributed by atoms with Gasteiger partial charge in [-0.3, -0.25) is 0 Å². The van der Waals surface area contributed by atoms with Crippen molar-refractivity contribution >= 4 is 6.03 Å². The van der Waals surface area contributed by atoms with E-state index in [4.69, 9.17) is 10.5 Å². The summed E-state index contributed by atoms with van der Waals surface area (Å²) in [5.41, 5.74) is 5.93. The Balaban J connectivity index is 1.83.